The molecule has 0 unspecified atom stereocenters. The summed E-state index contributed by atoms with van der Waals surface area (Å²) in [6.45, 7) is 3.91. The molecular formula is C19H17FN4O2. The minimum atomic E-state index is -0.508. The first-order valence-corrected chi connectivity index (χ1v) is 7.91. The second kappa shape index (κ2) is 7.60. The Balaban J connectivity index is 1.63. The molecular weight excluding hydrogens is 335 g/mol. The largest absolute Gasteiger partial charge is 0.421 e. The van der Waals surface area contributed by atoms with Crippen LogP contribution in [0, 0.1) is 19.7 Å². The molecule has 0 atom stereocenters. The van der Waals surface area contributed by atoms with Gasteiger partial charge in [-0.3, -0.25) is 0 Å². The molecule has 0 saturated heterocycles. The number of anilines is 2. The van der Waals surface area contributed by atoms with Crippen LogP contribution in [-0.2, 0) is 0 Å². The average Bonchev–Trinajstić information content (AvgIpc) is 2.62. The number of hydrogen-bond acceptors (Lipinski definition) is 4. The number of hydrogen-bond donors (Lipinski definition) is 2. The molecule has 3 rings (SSSR count). The fourth-order valence-corrected chi connectivity index (χ4v) is 2.23. The first-order chi connectivity index (χ1) is 12.5. The van der Waals surface area contributed by atoms with Crippen LogP contribution in [-0.4, -0.2) is 16.0 Å². The number of rotatable bonds is 4. The molecule has 0 saturated carbocycles. The molecule has 0 aliphatic carbocycles. The molecule has 0 bridgehead atoms. The standard InChI is InChI=1S/C19H17FN4O2/c1-12-6-5-8-16(13(12)2)24-18(25)23-14-10-21-19(22-11-14)26-17-9-4-3-7-15(17)20/h3-11H,1-2H3,(H2,23,24,25). The highest BCUT2D eigenvalue weighted by Crippen LogP contribution is 2.21. The quantitative estimate of drug-likeness (QED) is 0.715. The van der Waals surface area contributed by atoms with Crippen LogP contribution in [0.1, 0.15) is 11.1 Å². The maximum absolute atomic E-state index is 13.5. The summed E-state index contributed by atoms with van der Waals surface area (Å²) in [5, 5.41) is 5.41. The molecule has 26 heavy (non-hydrogen) atoms. The molecule has 0 aliphatic rings. The van der Waals surface area contributed by atoms with E-state index in [4.69, 9.17) is 4.74 Å². The van der Waals surface area contributed by atoms with Crippen molar-refractivity contribution in [1.29, 1.82) is 0 Å². The van der Waals surface area contributed by atoms with Gasteiger partial charge in [-0.2, -0.15) is 0 Å². The van der Waals surface area contributed by atoms with E-state index in [2.05, 4.69) is 20.6 Å². The van der Waals surface area contributed by atoms with Gasteiger partial charge in [-0.05, 0) is 43.2 Å². The van der Waals surface area contributed by atoms with Crippen LogP contribution in [0.3, 0.4) is 0 Å². The number of nitrogens with zero attached hydrogens (tertiary/aromatic N) is 2. The first kappa shape index (κ1) is 17.3. The number of para-hydroxylation sites is 1. The highest BCUT2D eigenvalue weighted by Gasteiger charge is 2.08. The molecule has 2 aromatic carbocycles. The van der Waals surface area contributed by atoms with Crippen molar-refractivity contribution in [2.24, 2.45) is 0 Å². The minimum Gasteiger partial charge on any atom is -0.421 e. The number of amides is 2. The zero-order valence-electron chi connectivity index (χ0n) is 14.3. The number of aryl methyl sites for hydroxylation is 1. The fraction of sp³-hybridized carbons (Fsp3) is 0.105. The number of carbonyl (C=O) groups is 1. The number of ether oxygens (including phenoxy) is 1. The minimum absolute atomic E-state index is 0.0180. The van der Waals surface area contributed by atoms with Crippen LogP contribution in [0.4, 0.5) is 20.6 Å². The van der Waals surface area contributed by atoms with Crippen molar-refractivity contribution in [3.05, 3.63) is 71.8 Å². The lowest BCUT2D eigenvalue weighted by molar-refractivity contribution is 0.262. The van der Waals surface area contributed by atoms with E-state index in [-0.39, 0.29) is 11.8 Å². The van der Waals surface area contributed by atoms with Gasteiger partial charge in [-0.25, -0.2) is 19.2 Å². The van der Waals surface area contributed by atoms with Gasteiger partial charge in [0, 0.05) is 5.69 Å². The SMILES string of the molecule is Cc1cccc(NC(=O)Nc2cnc(Oc3ccccc3F)nc2)c1C. The van der Waals surface area contributed by atoms with Gasteiger partial charge >= 0.3 is 12.0 Å². The molecule has 2 N–H and O–H groups in total. The second-order valence-corrected chi connectivity index (χ2v) is 5.61. The number of urea groups is 1. The Hall–Kier alpha value is -3.48. The van der Waals surface area contributed by atoms with Crippen LogP contribution in [0.5, 0.6) is 11.8 Å². The smallest absolute Gasteiger partial charge is 0.323 e. The Bertz CT molecular complexity index is 929. The van der Waals surface area contributed by atoms with E-state index in [0.717, 1.165) is 16.8 Å². The van der Waals surface area contributed by atoms with Crippen LogP contribution in [0.15, 0.2) is 54.9 Å². The monoisotopic (exact) mass is 352 g/mol. The van der Waals surface area contributed by atoms with Gasteiger partial charge in [0.15, 0.2) is 11.6 Å². The van der Waals surface area contributed by atoms with E-state index in [9.17, 15) is 9.18 Å². The predicted octanol–water partition coefficient (Wildman–Crippen LogP) is 4.67. The number of benzene rings is 2. The second-order valence-electron chi connectivity index (χ2n) is 5.61. The highest BCUT2D eigenvalue weighted by atomic mass is 19.1. The van der Waals surface area contributed by atoms with Crippen molar-refractivity contribution in [2.75, 3.05) is 10.6 Å². The fourth-order valence-electron chi connectivity index (χ4n) is 2.23. The van der Waals surface area contributed by atoms with Gasteiger partial charge in [-0.1, -0.05) is 24.3 Å². The number of nitrogens with one attached hydrogen (secondary N) is 2. The van der Waals surface area contributed by atoms with E-state index >= 15 is 0 Å². The Morgan fingerprint density at radius 2 is 1.73 bits per heavy atom. The highest BCUT2D eigenvalue weighted by molar-refractivity contribution is 6.00. The van der Waals surface area contributed by atoms with E-state index in [0.29, 0.717) is 5.69 Å². The van der Waals surface area contributed by atoms with Crippen molar-refractivity contribution in [1.82, 2.24) is 9.97 Å². The summed E-state index contributed by atoms with van der Waals surface area (Å²) in [5.41, 5.74) is 3.19. The molecule has 132 valence electrons. The molecule has 1 aromatic heterocycles. The van der Waals surface area contributed by atoms with Crippen LogP contribution >= 0.6 is 0 Å². The molecule has 1 heterocycles. The lowest BCUT2D eigenvalue weighted by Gasteiger charge is -2.11. The zero-order valence-corrected chi connectivity index (χ0v) is 14.3. The number of aromatic nitrogens is 2. The van der Waals surface area contributed by atoms with Crippen molar-refractivity contribution in [2.45, 2.75) is 13.8 Å². The molecule has 0 radical (unpaired) electrons. The predicted molar refractivity (Wildman–Crippen MR) is 97.1 cm³/mol. The van der Waals surface area contributed by atoms with Gasteiger partial charge in [0.25, 0.3) is 0 Å². The summed E-state index contributed by atoms with van der Waals surface area (Å²) in [6.07, 6.45) is 2.76. The van der Waals surface area contributed by atoms with E-state index < -0.39 is 11.8 Å². The summed E-state index contributed by atoms with van der Waals surface area (Å²) < 4.78 is 18.8. The van der Waals surface area contributed by atoms with Crippen LogP contribution < -0.4 is 15.4 Å². The summed E-state index contributed by atoms with van der Waals surface area (Å²) in [7, 11) is 0. The molecule has 6 nitrogen and oxygen atoms in total. The van der Waals surface area contributed by atoms with Crippen molar-refractivity contribution >= 4 is 17.4 Å². The van der Waals surface area contributed by atoms with Crippen LogP contribution in [0.25, 0.3) is 0 Å². The average molecular weight is 352 g/mol. The lowest BCUT2D eigenvalue weighted by atomic mass is 10.1. The van der Waals surface area contributed by atoms with E-state index in [1.54, 1.807) is 12.1 Å². The van der Waals surface area contributed by atoms with Gasteiger partial charge < -0.3 is 15.4 Å². The molecule has 0 fully saturated rings. The third kappa shape index (κ3) is 4.13. The summed E-state index contributed by atoms with van der Waals surface area (Å²) in [4.78, 5) is 20.0. The van der Waals surface area contributed by atoms with Gasteiger partial charge in [0.1, 0.15) is 0 Å². The lowest BCUT2D eigenvalue weighted by Crippen LogP contribution is -2.20. The maximum atomic E-state index is 13.5. The third-order valence-corrected chi connectivity index (χ3v) is 3.78. The first-order valence-electron chi connectivity index (χ1n) is 7.91. The van der Waals surface area contributed by atoms with Gasteiger partial charge in [-0.15, -0.1) is 0 Å². The van der Waals surface area contributed by atoms with Crippen LogP contribution in [0.2, 0.25) is 0 Å². The summed E-state index contributed by atoms with van der Waals surface area (Å²) in [5.74, 6) is -0.480. The van der Waals surface area contributed by atoms with E-state index in [1.165, 1.54) is 24.5 Å². The van der Waals surface area contributed by atoms with Crippen molar-refractivity contribution in [3.63, 3.8) is 0 Å². The number of carbonyl (C=O) groups excluding carboxylic acids is 1. The van der Waals surface area contributed by atoms with Gasteiger partial charge in [0.05, 0.1) is 18.1 Å². The summed E-state index contributed by atoms with van der Waals surface area (Å²) >= 11 is 0. The Kier molecular flexibility index (Phi) is 5.07. The zero-order chi connectivity index (χ0) is 18.5. The van der Waals surface area contributed by atoms with Crippen molar-refractivity contribution in [3.8, 4) is 11.8 Å². The molecule has 7 heteroatoms. The topological polar surface area (TPSA) is 76.1 Å². The summed E-state index contributed by atoms with van der Waals surface area (Å²) in [6, 6.07) is 11.2. The third-order valence-electron chi connectivity index (χ3n) is 3.78. The molecule has 0 spiro atoms. The Labute approximate surface area is 150 Å². The molecule has 0 aliphatic heterocycles. The Morgan fingerprint density at radius 1 is 1.00 bits per heavy atom. The molecule has 2 amide bonds. The Morgan fingerprint density at radius 3 is 2.46 bits per heavy atom. The van der Waals surface area contributed by atoms with Gasteiger partial charge in [0.2, 0.25) is 0 Å². The van der Waals surface area contributed by atoms with Crippen molar-refractivity contribution < 1.29 is 13.9 Å². The normalized spacial score (nSPS) is 10.3. The number of halogens is 1. The van der Waals surface area contributed by atoms with E-state index in [1.807, 2.05) is 32.0 Å². The maximum Gasteiger partial charge on any atom is 0.323 e. The molecule has 3 aromatic rings.